The van der Waals surface area contributed by atoms with Gasteiger partial charge in [0.15, 0.2) is 0 Å². The maximum absolute atomic E-state index is 12.5. The molecule has 2 aliphatic rings. The summed E-state index contributed by atoms with van der Waals surface area (Å²) in [4.78, 5) is 12.5. The second kappa shape index (κ2) is 14.7. The second-order valence-electron chi connectivity index (χ2n) is 12.4. The smallest absolute Gasteiger partial charge is 0.429 e. The Labute approximate surface area is 209 Å². The van der Waals surface area contributed by atoms with Crippen LogP contribution in [0, 0.1) is 47.3 Å². The van der Waals surface area contributed by atoms with Gasteiger partial charge in [0.1, 0.15) is 12.2 Å². The van der Waals surface area contributed by atoms with E-state index < -0.39 is 18.4 Å². The van der Waals surface area contributed by atoms with E-state index in [0.717, 1.165) is 24.7 Å². The van der Waals surface area contributed by atoms with Crippen molar-refractivity contribution >= 4 is 6.16 Å². The molecule has 8 unspecified atom stereocenters. The van der Waals surface area contributed by atoms with E-state index in [1.807, 2.05) is 0 Å². The highest BCUT2D eigenvalue weighted by atomic mass is 16.7. The van der Waals surface area contributed by atoms with Gasteiger partial charge in [-0.2, -0.15) is 0 Å². The zero-order valence-electron chi connectivity index (χ0n) is 22.9. The van der Waals surface area contributed by atoms with Crippen molar-refractivity contribution in [1.29, 1.82) is 0 Å². The number of carbonyl (C=O) groups excluding carboxylic acids is 1. The van der Waals surface area contributed by atoms with Gasteiger partial charge in [0.05, 0.1) is 13.2 Å². The number of carbonyl (C=O) groups is 1. The van der Waals surface area contributed by atoms with Crippen molar-refractivity contribution in [3.05, 3.63) is 0 Å². The summed E-state index contributed by atoms with van der Waals surface area (Å²) in [5.41, 5.74) is 0. The fourth-order valence-electron chi connectivity index (χ4n) is 6.94. The quantitative estimate of drug-likeness (QED) is 0.298. The summed E-state index contributed by atoms with van der Waals surface area (Å²) in [7, 11) is 0. The lowest BCUT2D eigenvalue weighted by Gasteiger charge is -2.38. The van der Waals surface area contributed by atoms with Crippen LogP contribution in [0.1, 0.15) is 106 Å². The number of hydrogen-bond acceptors (Lipinski definition) is 5. The largest absolute Gasteiger partial charge is 0.508 e. The van der Waals surface area contributed by atoms with E-state index in [4.69, 9.17) is 9.47 Å². The molecule has 2 saturated carbocycles. The Hall–Kier alpha value is -0.810. The Morgan fingerprint density at radius 2 is 1.12 bits per heavy atom. The number of ether oxygens (including phenoxy) is 2. The predicted octanol–water partition coefficient (Wildman–Crippen LogP) is 6.84. The van der Waals surface area contributed by atoms with Crippen LogP contribution < -0.4 is 0 Å². The fourth-order valence-corrected chi connectivity index (χ4v) is 6.94. The van der Waals surface area contributed by atoms with Gasteiger partial charge in [-0.1, -0.05) is 54.4 Å². The van der Waals surface area contributed by atoms with Gasteiger partial charge in [0.2, 0.25) is 0 Å². The van der Waals surface area contributed by atoms with Gasteiger partial charge in [-0.05, 0) is 98.7 Å². The van der Waals surface area contributed by atoms with Gasteiger partial charge in [0.25, 0.3) is 0 Å². The molecule has 0 aromatic rings. The van der Waals surface area contributed by atoms with Crippen molar-refractivity contribution in [1.82, 2.24) is 0 Å². The Balaban J connectivity index is 1.80. The Kier molecular flexibility index (Phi) is 12.7. The summed E-state index contributed by atoms with van der Waals surface area (Å²) in [6, 6.07) is 0. The first-order chi connectivity index (χ1) is 16.1. The first kappa shape index (κ1) is 29.4. The van der Waals surface area contributed by atoms with Crippen LogP contribution in [0.15, 0.2) is 0 Å². The molecule has 0 aromatic carbocycles. The van der Waals surface area contributed by atoms with E-state index >= 15 is 0 Å². The third kappa shape index (κ3) is 9.33. The molecule has 2 fully saturated rings. The topological polar surface area (TPSA) is 76.0 Å². The predicted molar refractivity (Wildman–Crippen MR) is 137 cm³/mol. The van der Waals surface area contributed by atoms with Crippen LogP contribution in [0.3, 0.4) is 0 Å². The third-order valence-electron chi connectivity index (χ3n) is 8.97. The molecule has 2 aliphatic carbocycles. The van der Waals surface area contributed by atoms with Crippen molar-refractivity contribution in [3.8, 4) is 0 Å². The highest BCUT2D eigenvalue weighted by molar-refractivity contribution is 5.60. The molecule has 200 valence electrons. The first-order valence-corrected chi connectivity index (χ1v) is 14.2. The van der Waals surface area contributed by atoms with E-state index in [0.29, 0.717) is 48.3 Å². The molecule has 0 radical (unpaired) electrons. The maximum Gasteiger partial charge on any atom is 0.508 e. The molecule has 0 spiro atoms. The summed E-state index contributed by atoms with van der Waals surface area (Å²) >= 11 is 0. The second-order valence-corrected chi connectivity index (χ2v) is 12.4. The average molecular weight is 483 g/mol. The van der Waals surface area contributed by atoms with E-state index in [1.165, 1.54) is 38.5 Å². The molecule has 2 rings (SSSR count). The lowest BCUT2D eigenvalue weighted by molar-refractivity contribution is -0.0381. The summed E-state index contributed by atoms with van der Waals surface area (Å²) in [5.74, 6) is 5.45. The Bertz CT molecular complexity index is 529. The molecule has 5 nitrogen and oxygen atoms in total. The van der Waals surface area contributed by atoms with Crippen molar-refractivity contribution < 1.29 is 24.5 Å². The van der Waals surface area contributed by atoms with E-state index in [2.05, 4.69) is 41.5 Å². The van der Waals surface area contributed by atoms with Crippen molar-refractivity contribution in [3.63, 3.8) is 0 Å². The Morgan fingerprint density at radius 3 is 1.44 bits per heavy atom. The maximum atomic E-state index is 12.5. The molecular weight excluding hydrogens is 428 g/mol. The van der Waals surface area contributed by atoms with Crippen LogP contribution >= 0.6 is 0 Å². The van der Waals surface area contributed by atoms with Crippen LogP contribution in [0.4, 0.5) is 4.79 Å². The zero-order valence-corrected chi connectivity index (χ0v) is 22.9. The lowest BCUT2D eigenvalue weighted by Crippen LogP contribution is -2.32. The van der Waals surface area contributed by atoms with Gasteiger partial charge in [-0.25, -0.2) is 4.79 Å². The fraction of sp³-hybridized carbons (Fsp3) is 0.966. The molecule has 34 heavy (non-hydrogen) atoms. The molecule has 5 heteroatoms. The van der Waals surface area contributed by atoms with Crippen LogP contribution in [-0.2, 0) is 9.47 Å². The molecule has 0 amide bonds. The zero-order chi connectivity index (χ0) is 25.3. The summed E-state index contributed by atoms with van der Waals surface area (Å²) < 4.78 is 11.0. The molecule has 0 heterocycles. The molecule has 0 bridgehead atoms. The van der Waals surface area contributed by atoms with Gasteiger partial charge in [-0.15, -0.1) is 0 Å². The average Bonchev–Trinajstić information content (AvgIpc) is 2.78. The third-order valence-corrected chi connectivity index (χ3v) is 8.97. The van der Waals surface area contributed by atoms with E-state index in [9.17, 15) is 15.0 Å². The van der Waals surface area contributed by atoms with Crippen LogP contribution in [0.5, 0.6) is 0 Å². The molecule has 2 N–H and O–H groups in total. The van der Waals surface area contributed by atoms with Crippen LogP contribution in [-0.4, -0.2) is 41.8 Å². The van der Waals surface area contributed by atoms with E-state index in [-0.39, 0.29) is 13.2 Å². The monoisotopic (exact) mass is 482 g/mol. The summed E-state index contributed by atoms with van der Waals surface area (Å²) in [5, 5.41) is 19.6. The summed E-state index contributed by atoms with van der Waals surface area (Å²) in [6.45, 7) is 13.5. The highest BCUT2D eigenvalue weighted by Gasteiger charge is 2.33. The normalized spacial score (nSPS) is 31.9. The van der Waals surface area contributed by atoms with Gasteiger partial charge in [-0.3, -0.25) is 0 Å². The van der Waals surface area contributed by atoms with Crippen molar-refractivity contribution in [2.24, 2.45) is 47.3 Å². The molecule has 0 aromatic heterocycles. The molecule has 8 atom stereocenters. The Morgan fingerprint density at radius 1 is 0.735 bits per heavy atom. The SMILES string of the molecule is CC1CCC(C(C)C)C(CCC(CO)OC(=O)OC(CO)CCC2CC(C)CCC2C(C)C)C1. The molecular formula is C29H54O5. The van der Waals surface area contributed by atoms with Crippen molar-refractivity contribution in [2.45, 2.75) is 118 Å². The summed E-state index contributed by atoms with van der Waals surface area (Å²) in [6.07, 6.45) is 8.98. The van der Waals surface area contributed by atoms with Crippen LogP contribution in [0.2, 0.25) is 0 Å². The lowest BCUT2D eigenvalue weighted by atomic mass is 9.68. The minimum Gasteiger partial charge on any atom is -0.429 e. The minimum absolute atomic E-state index is 0.191. The number of aliphatic hydroxyl groups excluding tert-OH is 2. The molecule has 0 saturated heterocycles. The number of aliphatic hydroxyl groups is 2. The van der Waals surface area contributed by atoms with Gasteiger partial charge < -0.3 is 19.7 Å². The van der Waals surface area contributed by atoms with Gasteiger partial charge >= 0.3 is 6.16 Å². The van der Waals surface area contributed by atoms with Gasteiger partial charge in [0, 0.05) is 0 Å². The van der Waals surface area contributed by atoms with E-state index in [1.54, 1.807) is 0 Å². The molecule has 0 aliphatic heterocycles. The standard InChI is InChI=1S/C29H54O5/c1-19(2)27-13-7-21(5)15-23(27)9-11-25(17-30)33-29(32)34-26(18-31)12-10-24-16-22(6)8-14-28(24)20(3)4/h19-28,30-31H,7-18H2,1-6H3. The minimum atomic E-state index is -0.757. The van der Waals surface area contributed by atoms with Crippen LogP contribution in [0.25, 0.3) is 0 Å². The number of hydrogen-bond donors (Lipinski definition) is 2. The highest BCUT2D eigenvalue weighted by Crippen LogP contribution is 2.41. The first-order valence-electron chi connectivity index (χ1n) is 14.2. The number of rotatable bonds is 12. The van der Waals surface area contributed by atoms with Crippen molar-refractivity contribution in [2.75, 3.05) is 13.2 Å².